The lowest BCUT2D eigenvalue weighted by Crippen LogP contribution is -2.33. The molecule has 0 N–H and O–H groups in total. The molecule has 2 rings (SSSR count). The molecule has 0 aromatic rings. The lowest BCUT2D eigenvalue weighted by Gasteiger charge is -2.32. The van der Waals surface area contributed by atoms with Crippen molar-refractivity contribution < 1.29 is 4.74 Å². The van der Waals surface area contributed by atoms with E-state index < -0.39 is 0 Å². The van der Waals surface area contributed by atoms with Crippen molar-refractivity contribution in [3.63, 3.8) is 0 Å². The van der Waals surface area contributed by atoms with Crippen LogP contribution >= 0.6 is 0 Å². The molecule has 1 heterocycles. The molecule has 1 saturated carbocycles. The first-order chi connectivity index (χ1) is 5.60. The third-order valence-corrected chi connectivity index (χ3v) is 4.29. The van der Waals surface area contributed by atoms with Gasteiger partial charge < -0.3 is 4.74 Å². The molecular weight excluding hydrogens is 148 g/mol. The Kier molecular flexibility index (Phi) is 1.76. The summed E-state index contributed by atoms with van der Waals surface area (Å²) in [7, 11) is 0. The molecule has 2 aliphatic rings. The maximum absolute atomic E-state index is 6.08. The topological polar surface area (TPSA) is 9.23 Å². The second-order valence-corrected chi connectivity index (χ2v) is 4.79. The van der Waals surface area contributed by atoms with Gasteiger partial charge in [-0.15, -0.1) is 0 Å². The summed E-state index contributed by atoms with van der Waals surface area (Å²) >= 11 is 0. The van der Waals surface area contributed by atoms with E-state index in [-0.39, 0.29) is 5.60 Å². The molecule has 0 aromatic carbocycles. The molecule has 1 aliphatic heterocycles. The average molecular weight is 168 g/mol. The van der Waals surface area contributed by atoms with E-state index in [1.54, 1.807) is 0 Å². The van der Waals surface area contributed by atoms with Crippen molar-refractivity contribution in [2.45, 2.75) is 52.2 Å². The van der Waals surface area contributed by atoms with Gasteiger partial charge in [0.25, 0.3) is 0 Å². The molecule has 1 saturated heterocycles. The summed E-state index contributed by atoms with van der Waals surface area (Å²) in [5, 5.41) is 0. The minimum Gasteiger partial charge on any atom is -0.371 e. The summed E-state index contributed by atoms with van der Waals surface area (Å²) in [6.45, 7) is 9.27. The quantitative estimate of drug-likeness (QED) is 0.585. The molecule has 1 nitrogen and oxygen atoms in total. The Balaban J connectivity index is 2.28. The van der Waals surface area contributed by atoms with Crippen LogP contribution in [0.5, 0.6) is 0 Å². The predicted molar refractivity (Wildman–Crippen MR) is 50.0 cm³/mol. The molecule has 2 bridgehead atoms. The Hall–Kier alpha value is -0.0400. The number of hydrogen-bond donors (Lipinski definition) is 0. The number of rotatable bonds is 1. The highest BCUT2D eigenvalue weighted by Crippen LogP contribution is 2.56. The Morgan fingerprint density at radius 3 is 2.33 bits per heavy atom. The third kappa shape index (κ3) is 0.834. The predicted octanol–water partition coefficient (Wildman–Crippen LogP) is 2.85. The lowest BCUT2D eigenvalue weighted by molar-refractivity contribution is -0.0840. The Bertz CT molecular complexity index is 175. The van der Waals surface area contributed by atoms with Crippen molar-refractivity contribution in [1.82, 2.24) is 0 Å². The number of ether oxygens (including phenoxy) is 1. The van der Waals surface area contributed by atoms with E-state index in [1.165, 1.54) is 12.8 Å². The van der Waals surface area contributed by atoms with E-state index >= 15 is 0 Å². The van der Waals surface area contributed by atoms with E-state index in [2.05, 4.69) is 27.7 Å². The van der Waals surface area contributed by atoms with E-state index in [4.69, 9.17) is 4.74 Å². The van der Waals surface area contributed by atoms with Crippen molar-refractivity contribution in [2.24, 2.45) is 17.8 Å². The monoisotopic (exact) mass is 168 g/mol. The van der Waals surface area contributed by atoms with Gasteiger partial charge in [-0.25, -0.2) is 0 Å². The molecule has 1 unspecified atom stereocenters. The fourth-order valence-corrected chi connectivity index (χ4v) is 3.73. The van der Waals surface area contributed by atoms with Gasteiger partial charge in [0.1, 0.15) is 0 Å². The van der Waals surface area contributed by atoms with Gasteiger partial charge in [0.15, 0.2) is 0 Å². The minimum absolute atomic E-state index is 0.253. The number of fused-ring (bicyclic) bond motifs is 2. The smallest absolute Gasteiger partial charge is 0.0715 e. The zero-order valence-electron chi connectivity index (χ0n) is 8.63. The molecule has 5 atom stereocenters. The largest absolute Gasteiger partial charge is 0.371 e. The van der Waals surface area contributed by atoms with Crippen molar-refractivity contribution in [2.75, 3.05) is 0 Å². The average Bonchev–Trinajstić information content (AvgIpc) is 2.37. The highest BCUT2D eigenvalue weighted by Gasteiger charge is 2.58. The Morgan fingerprint density at radius 1 is 1.33 bits per heavy atom. The van der Waals surface area contributed by atoms with Gasteiger partial charge in [-0.2, -0.15) is 0 Å². The van der Waals surface area contributed by atoms with E-state index in [9.17, 15) is 0 Å². The van der Waals surface area contributed by atoms with Crippen LogP contribution in [0.3, 0.4) is 0 Å². The lowest BCUT2D eigenvalue weighted by atomic mass is 9.86. The molecule has 2 fully saturated rings. The molecule has 1 heteroatoms. The van der Waals surface area contributed by atoms with Crippen LogP contribution in [0.2, 0.25) is 0 Å². The highest BCUT2D eigenvalue weighted by molar-refractivity contribution is 5.06. The maximum Gasteiger partial charge on any atom is 0.0715 e. The van der Waals surface area contributed by atoms with Gasteiger partial charge >= 0.3 is 0 Å². The first-order valence-corrected chi connectivity index (χ1v) is 5.28. The van der Waals surface area contributed by atoms with Gasteiger partial charge in [0.05, 0.1) is 11.7 Å². The molecule has 0 spiro atoms. The van der Waals surface area contributed by atoms with Crippen molar-refractivity contribution in [3.8, 4) is 0 Å². The zero-order valence-corrected chi connectivity index (χ0v) is 8.63. The Morgan fingerprint density at radius 2 is 2.00 bits per heavy atom. The highest BCUT2D eigenvalue weighted by atomic mass is 16.5. The normalized spacial score (nSPS) is 58.0. The van der Waals surface area contributed by atoms with Crippen molar-refractivity contribution in [3.05, 3.63) is 0 Å². The minimum atomic E-state index is 0.253. The van der Waals surface area contributed by atoms with Gasteiger partial charge in [0.2, 0.25) is 0 Å². The zero-order chi connectivity index (χ0) is 8.93. The summed E-state index contributed by atoms with van der Waals surface area (Å²) in [5.41, 5.74) is 0.253. The maximum atomic E-state index is 6.08. The van der Waals surface area contributed by atoms with Crippen molar-refractivity contribution >= 4 is 0 Å². The summed E-state index contributed by atoms with van der Waals surface area (Å²) in [5.74, 6) is 2.49. The van der Waals surface area contributed by atoms with Crippen molar-refractivity contribution in [1.29, 1.82) is 0 Å². The van der Waals surface area contributed by atoms with Crippen LogP contribution < -0.4 is 0 Å². The molecular formula is C11H20O. The van der Waals surface area contributed by atoms with Gasteiger partial charge in [0, 0.05) is 0 Å². The molecule has 70 valence electrons. The third-order valence-electron chi connectivity index (χ3n) is 4.29. The second kappa shape index (κ2) is 2.47. The first-order valence-electron chi connectivity index (χ1n) is 5.28. The molecule has 0 amide bonds. The molecule has 0 aromatic heterocycles. The summed E-state index contributed by atoms with van der Waals surface area (Å²) < 4.78 is 6.08. The second-order valence-electron chi connectivity index (χ2n) is 4.79. The molecule has 1 aliphatic carbocycles. The Labute approximate surface area is 75.5 Å². The van der Waals surface area contributed by atoms with Crippen LogP contribution in [0.4, 0.5) is 0 Å². The fraction of sp³-hybridized carbons (Fsp3) is 1.00. The summed E-state index contributed by atoms with van der Waals surface area (Å²) in [6.07, 6.45) is 2.99. The van der Waals surface area contributed by atoms with E-state index in [0.717, 1.165) is 17.8 Å². The van der Waals surface area contributed by atoms with Crippen LogP contribution in [-0.2, 0) is 4.74 Å². The van der Waals surface area contributed by atoms with E-state index in [1.807, 2.05) is 0 Å². The van der Waals surface area contributed by atoms with Crippen LogP contribution in [0.1, 0.15) is 40.5 Å². The van der Waals surface area contributed by atoms with Gasteiger partial charge in [-0.3, -0.25) is 0 Å². The van der Waals surface area contributed by atoms with E-state index in [0.29, 0.717) is 6.10 Å². The van der Waals surface area contributed by atoms with Crippen LogP contribution in [0.15, 0.2) is 0 Å². The molecule has 0 radical (unpaired) electrons. The summed E-state index contributed by atoms with van der Waals surface area (Å²) in [6, 6.07) is 0. The fourth-order valence-electron chi connectivity index (χ4n) is 3.73. The van der Waals surface area contributed by atoms with Crippen LogP contribution in [0.25, 0.3) is 0 Å². The van der Waals surface area contributed by atoms with Crippen LogP contribution in [0, 0.1) is 17.8 Å². The van der Waals surface area contributed by atoms with Crippen LogP contribution in [-0.4, -0.2) is 11.7 Å². The summed E-state index contributed by atoms with van der Waals surface area (Å²) in [4.78, 5) is 0. The first kappa shape index (κ1) is 8.55. The SMILES string of the molecule is CC[C@]12CC(C)[C@H]([C@H](C)O1)[C@H]2C. The standard InChI is InChI=1S/C11H20O/c1-5-11-6-7(2)10(8(11)3)9(4)12-11/h7-10H,5-6H2,1-4H3/t7?,8-,9+,10+,11-/m1/s1. The molecule has 12 heavy (non-hydrogen) atoms. The van der Waals surface area contributed by atoms with Gasteiger partial charge in [-0.1, -0.05) is 20.8 Å². The number of hydrogen-bond acceptors (Lipinski definition) is 1. The van der Waals surface area contributed by atoms with Gasteiger partial charge in [-0.05, 0) is 37.5 Å².